The average Bonchev–Trinajstić information content (AvgIpc) is 3.14. The van der Waals surface area contributed by atoms with Gasteiger partial charge in [-0.1, -0.05) is 19.3 Å². The van der Waals surface area contributed by atoms with Crippen LogP contribution in [0, 0.1) is 57.7 Å². The second kappa shape index (κ2) is 14.1. The number of halogens is 2. The van der Waals surface area contributed by atoms with Crippen molar-refractivity contribution in [2.45, 2.75) is 126 Å². The van der Waals surface area contributed by atoms with Crippen LogP contribution < -0.4 is 0 Å². The molecule has 0 spiro atoms. The van der Waals surface area contributed by atoms with E-state index >= 15 is 0 Å². The Morgan fingerprint density at radius 2 is 1.40 bits per heavy atom. The van der Waals surface area contributed by atoms with Crippen LogP contribution in [0.4, 0.5) is 8.78 Å². The third-order valence-electron chi connectivity index (χ3n) is 14.8. The molecule has 8 unspecified atom stereocenters. The Labute approximate surface area is 319 Å². The molecule has 306 valence electrons. The number of fused-ring (bicyclic) bond motifs is 4. The highest BCUT2D eigenvalue weighted by atomic mass is 32.2. The van der Waals surface area contributed by atoms with Crippen molar-refractivity contribution in [1.29, 1.82) is 0 Å². The summed E-state index contributed by atoms with van der Waals surface area (Å²) in [5.41, 5.74) is -4.01. The normalized spacial score (nSPS) is 43.7. The summed E-state index contributed by atoms with van der Waals surface area (Å²) in [6.07, 6.45) is 10.0. The zero-order valence-corrected chi connectivity index (χ0v) is 31.9. The summed E-state index contributed by atoms with van der Waals surface area (Å²) in [5, 5.41) is -5.12. The maximum absolute atomic E-state index is 14.3. The van der Waals surface area contributed by atoms with Crippen LogP contribution in [-0.2, 0) is 57.8 Å². The smallest absolute Gasteiger partial charge is 0.464 e. The maximum Gasteiger partial charge on any atom is 0.465 e. The summed E-state index contributed by atoms with van der Waals surface area (Å²) < 4.78 is 90.3. The van der Waals surface area contributed by atoms with E-state index < -0.39 is 55.4 Å². The van der Waals surface area contributed by atoms with Crippen molar-refractivity contribution in [2.75, 3.05) is 26.4 Å². The molecule has 0 aromatic carbocycles. The molecule has 1 saturated heterocycles. The maximum atomic E-state index is 14.3. The Kier molecular flexibility index (Phi) is 10.0. The summed E-state index contributed by atoms with van der Waals surface area (Å²) in [6, 6.07) is 0. The van der Waals surface area contributed by atoms with Gasteiger partial charge in [0.2, 0.25) is 0 Å². The van der Waals surface area contributed by atoms with Crippen LogP contribution in [-0.4, -0.2) is 86.5 Å². The van der Waals surface area contributed by atoms with E-state index in [-0.39, 0.29) is 93.0 Å². The lowest BCUT2D eigenvalue weighted by Crippen LogP contribution is -2.56. The van der Waals surface area contributed by atoms with E-state index in [1.807, 2.05) is 0 Å². The van der Waals surface area contributed by atoms with Gasteiger partial charge < -0.3 is 28.5 Å². The number of Topliss-reactive ketones (excluding diaryl/α,β-unsaturated/α-hetero) is 1. The molecular weight excluding hydrogens is 746 g/mol. The Morgan fingerprint density at radius 3 is 2.04 bits per heavy atom. The first kappa shape index (κ1) is 39.3. The quantitative estimate of drug-likeness (QED) is 0.128. The van der Waals surface area contributed by atoms with Crippen molar-refractivity contribution in [3.63, 3.8) is 0 Å². The van der Waals surface area contributed by atoms with Gasteiger partial charge in [-0.3, -0.25) is 18.9 Å². The van der Waals surface area contributed by atoms with E-state index in [0.717, 1.165) is 44.8 Å². The second-order valence-corrected chi connectivity index (χ2v) is 20.4. The number of alkyl halides is 2. The van der Waals surface area contributed by atoms with Gasteiger partial charge in [0.25, 0.3) is 0 Å². The Balaban J connectivity index is 0.973. The number of hydrogen-bond donors (Lipinski definition) is 1. The lowest BCUT2D eigenvalue weighted by atomic mass is 9.49. The fraction of sp³-hybridized carbons (Fsp3) is 0.872. The molecule has 16 heteroatoms. The Bertz CT molecular complexity index is 1640. The molecule has 0 aromatic rings. The molecule has 8 atom stereocenters. The van der Waals surface area contributed by atoms with Crippen LogP contribution in [0.3, 0.4) is 0 Å². The molecule has 0 radical (unpaired) electrons. The zero-order valence-electron chi connectivity index (χ0n) is 31.1. The molecule has 8 aliphatic carbocycles. The second-order valence-electron chi connectivity index (χ2n) is 19.0. The lowest BCUT2D eigenvalue weighted by Gasteiger charge is -2.54. The van der Waals surface area contributed by atoms with Gasteiger partial charge in [0.15, 0.2) is 6.29 Å². The van der Waals surface area contributed by atoms with Crippen molar-refractivity contribution in [2.24, 2.45) is 57.7 Å². The third-order valence-corrected chi connectivity index (χ3v) is 15.7. The summed E-state index contributed by atoms with van der Waals surface area (Å²) in [5.74, 6) is -3.20. The summed E-state index contributed by atoms with van der Waals surface area (Å²) in [6.45, 7) is -0.436. The van der Waals surface area contributed by atoms with Gasteiger partial charge in [0.1, 0.15) is 30.9 Å². The summed E-state index contributed by atoms with van der Waals surface area (Å²) >= 11 is 0. The van der Waals surface area contributed by atoms with Crippen LogP contribution >= 0.6 is 0 Å². The van der Waals surface area contributed by atoms with Crippen LogP contribution in [0.25, 0.3) is 0 Å². The van der Waals surface area contributed by atoms with Crippen molar-refractivity contribution in [3.05, 3.63) is 0 Å². The van der Waals surface area contributed by atoms with Crippen LogP contribution in [0.1, 0.15) is 109 Å². The van der Waals surface area contributed by atoms with E-state index in [4.69, 9.17) is 28.2 Å². The molecule has 9 aliphatic rings. The molecule has 0 amide bonds. The number of carbonyl (C=O) groups excluding carboxylic acids is 5. The van der Waals surface area contributed by atoms with E-state index in [1.165, 1.54) is 0 Å². The molecular formula is C39H52F2O13S. The van der Waals surface area contributed by atoms with E-state index in [9.17, 15) is 41.2 Å². The molecule has 1 aliphatic heterocycles. The molecule has 8 bridgehead atoms. The number of esters is 3. The fourth-order valence-corrected chi connectivity index (χ4v) is 12.9. The van der Waals surface area contributed by atoms with E-state index in [2.05, 4.69) is 0 Å². The van der Waals surface area contributed by atoms with E-state index in [0.29, 0.717) is 57.3 Å². The third kappa shape index (κ3) is 7.17. The standard InChI is InChI=1S/C39H52F2O13S/c40-39(41,55(47,48)49)34(46)54-38-6-2-4-24(14-38)8-29(17-38)31-50-19-35(20-51-31,21-52-32(44)36-5-1-3-23(11-36)7-26(13-36)18-42)22-53-33(45)37-12-25-9-27(15-37)30(43)28(10-25)16-37/h18,23-29,31H,1-17,19-22H2,(H,47,48,49). The van der Waals surface area contributed by atoms with Crippen LogP contribution in [0.2, 0.25) is 0 Å². The van der Waals surface area contributed by atoms with Gasteiger partial charge in [-0.2, -0.15) is 17.2 Å². The minimum atomic E-state index is -6.04. The number of rotatable bonds is 11. The van der Waals surface area contributed by atoms with Crippen molar-refractivity contribution in [1.82, 2.24) is 0 Å². The number of hydrogen-bond acceptors (Lipinski definition) is 12. The molecule has 0 aromatic heterocycles. The first-order valence-electron chi connectivity index (χ1n) is 20.1. The number of carbonyl (C=O) groups is 5. The zero-order chi connectivity index (χ0) is 39.0. The topological polar surface area (TPSA) is 186 Å². The van der Waals surface area contributed by atoms with Gasteiger partial charge >= 0.3 is 33.3 Å². The largest absolute Gasteiger partial charge is 0.465 e. The summed E-state index contributed by atoms with van der Waals surface area (Å²) in [7, 11) is -6.04. The molecule has 55 heavy (non-hydrogen) atoms. The predicted octanol–water partition coefficient (Wildman–Crippen LogP) is 4.98. The van der Waals surface area contributed by atoms with Gasteiger partial charge in [0, 0.05) is 23.7 Å². The minimum absolute atomic E-state index is 0.0427. The first-order valence-corrected chi connectivity index (χ1v) is 21.6. The Morgan fingerprint density at radius 1 is 0.800 bits per heavy atom. The average molecular weight is 799 g/mol. The van der Waals surface area contributed by atoms with Crippen LogP contribution in [0.5, 0.6) is 0 Å². The van der Waals surface area contributed by atoms with Gasteiger partial charge in [-0.25, -0.2) is 4.79 Å². The van der Waals surface area contributed by atoms with E-state index in [1.54, 1.807) is 0 Å². The molecule has 13 nitrogen and oxygen atoms in total. The lowest BCUT2D eigenvalue weighted by molar-refractivity contribution is -0.279. The number of aldehydes is 1. The van der Waals surface area contributed by atoms with Crippen molar-refractivity contribution < 1.29 is 69.4 Å². The summed E-state index contributed by atoms with van der Waals surface area (Å²) in [4.78, 5) is 65.0. The highest BCUT2D eigenvalue weighted by molar-refractivity contribution is 7.87. The van der Waals surface area contributed by atoms with Crippen LogP contribution in [0.15, 0.2) is 0 Å². The molecule has 8 saturated carbocycles. The minimum Gasteiger partial charge on any atom is -0.464 e. The molecule has 9 fully saturated rings. The van der Waals surface area contributed by atoms with Crippen molar-refractivity contribution in [3.8, 4) is 0 Å². The molecule has 1 heterocycles. The predicted molar refractivity (Wildman–Crippen MR) is 184 cm³/mol. The highest BCUT2D eigenvalue weighted by Crippen LogP contribution is 2.59. The fourth-order valence-electron chi connectivity index (χ4n) is 12.6. The van der Waals surface area contributed by atoms with Gasteiger partial charge in [0.05, 0.1) is 29.5 Å². The van der Waals surface area contributed by atoms with Gasteiger partial charge in [-0.05, 0) is 108 Å². The highest BCUT2D eigenvalue weighted by Gasteiger charge is 2.61. The number of ketones is 1. The molecule has 9 rings (SSSR count). The SMILES string of the molecule is O=CC1CC2CCCC(C(=O)OCC3(COC(=O)C45CC6CC(C4)C(=O)C(C6)C5)COC(C4CC5CCCC(OC(=O)C(F)(F)S(=O)(=O)O)(C5)C4)OC3)(C1)C2. The first-order chi connectivity index (χ1) is 26.0. The monoisotopic (exact) mass is 798 g/mol. The Hall–Kier alpha value is -2.56. The van der Waals surface area contributed by atoms with Gasteiger partial charge in [-0.15, -0.1) is 0 Å². The van der Waals surface area contributed by atoms with Crippen molar-refractivity contribution >= 4 is 40.1 Å². The number of ether oxygens (including phenoxy) is 5. The molecule has 1 N–H and O–H groups in total.